The fourth-order valence-corrected chi connectivity index (χ4v) is 1.81. The number of nitriles is 1. The van der Waals surface area contributed by atoms with Crippen molar-refractivity contribution in [3.63, 3.8) is 0 Å². The summed E-state index contributed by atoms with van der Waals surface area (Å²) >= 11 is 2.15. The van der Waals surface area contributed by atoms with E-state index >= 15 is 0 Å². The molecule has 0 aliphatic heterocycles. The second-order valence-corrected chi connectivity index (χ2v) is 4.26. The number of rotatable bonds is 4. The van der Waals surface area contributed by atoms with Crippen LogP contribution in [0.1, 0.15) is 11.5 Å². The first-order valence-corrected chi connectivity index (χ1v) is 5.43. The summed E-state index contributed by atoms with van der Waals surface area (Å²) in [6.45, 7) is -0.0241. The molecule has 15 heavy (non-hydrogen) atoms. The number of hydrogen-bond acceptors (Lipinski definition) is 3. The summed E-state index contributed by atoms with van der Waals surface area (Å²) in [6, 6.07) is 9.36. The predicted octanol–water partition coefficient (Wildman–Crippen LogP) is 2.11. The highest BCUT2D eigenvalue weighted by atomic mass is 127. The number of hydrogen-bond donors (Lipinski definition) is 0. The minimum absolute atomic E-state index is 0.0241. The Bertz CT molecular complexity index is 398. The van der Waals surface area contributed by atoms with Gasteiger partial charge in [-0.25, -0.2) is 0 Å². The largest absolute Gasteiger partial charge is 0.377 e. The van der Waals surface area contributed by atoms with Crippen molar-refractivity contribution in [2.75, 3.05) is 13.7 Å². The molecule has 0 amide bonds. The molecule has 1 aromatic carbocycles. The van der Waals surface area contributed by atoms with Crippen molar-refractivity contribution in [3.05, 3.63) is 33.4 Å². The molecule has 0 spiro atoms. The highest BCUT2D eigenvalue weighted by molar-refractivity contribution is 14.1. The van der Waals surface area contributed by atoms with Crippen LogP contribution in [0.5, 0.6) is 0 Å². The van der Waals surface area contributed by atoms with Crippen LogP contribution >= 0.6 is 22.6 Å². The molecule has 0 bridgehead atoms. The summed E-state index contributed by atoms with van der Waals surface area (Å²) in [7, 11) is 1.45. The number of carbonyl (C=O) groups excluding carboxylic acids is 1. The van der Waals surface area contributed by atoms with Gasteiger partial charge < -0.3 is 4.74 Å². The van der Waals surface area contributed by atoms with Gasteiger partial charge in [0.1, 0.15) is 12.5 Å². The molecule has 1 rings (SSSR count). The quantitative estimate of drug-likeness (QED) is 0.800. The summed E-state index contributed by atoms with van der Waals surface area (Å²) in [5, 5.41) is 8.94. The van der Waals surface area contributed by atoms with E-state index in [1.807, 2.05) is 24.3 Å². The number of halogens is 1. The second kappa shape index (κ2) is 5.83. The van der Waals surface area contributed by atoms with Gasteiger partial charge in [0.05, 0.1) is 6.07 Å². The topological polar surface area (TPSA) is 50.1 Å². The average Bonchev–Trinajstić information content (AvgIpc) is 2.19. The maximum Gasteiger partial charge on any atom is 0.179 e. The zero-order chi connectivity index (χ0) is 11.3. The first kappa shape index (κ1) is 12.1. The number of benzene rings is 1. The van der Waals surface area contributed by atoms with Gasteiger partial charge in [-0.1, -0.05) is 12.1 Å². The number of nitrogens with zero attached hydrogens (tertiary/aromatic N) is 1. The van der Waals surface area contributed by atoms with Crippen LogP contribution in [0.2, 0.25) is 0 Å². The lowest BCUT2D eigenvalue weighted by atomic mass is 9.97. The minimum atomic E-state index is -0.723. The zero-order valence-corrected chi connectivity index (χ0v) is 10.4. The van der Waals surface area contributed by atoms with E-state index in [0.29, 0.717) is 0 Å². The summed E-state index contributed by atoms with van der Waals surface area (Å²) in [5.74, 6) is -0.929. The lowest BCUT2D eigenvalue weighted by molar-refractivity contribution is -0.122. The van der Waals surface area contributed by atoms with E-state index < -0.39 is 5.92 Å². The zero-order valence-electron chi connectivity index (χ0n) is 8.24. The fourth-order valence-electron chi connectivity index (χ4n) is 1.24. The Labute approximate surface area is 102 Å². The molecule has 0 radical (unpaired) electrons. The molecule has 0 saturated carbocycles. The van der Waals surface area contributed by atoms with E-state index in [4.69, 9.17) is 10.00 Å². The number of ether oxygens (including phenoxy) is 1. The maximum atomic E-state index is 11.5. The van der Waals surface area contributed by atoms with Gasteiger partial charge in [-0.3, -0.25) is 4.79 Å². The van der Waals surface area contributed by atoms with Crippen molar-refractivity contribution < 1.29 is 9.53 Å². The van der Waals surface area contributed by atoms with E-state index in [0.717, 1.165) is 9.13 Å². The van der Waals surface area contributed by atoms with Gasteiger partial charge in [-0.2, -0.15) is 5.26 Å². The molecule has 78 valence electrons. The summed E-state index contributed by atoms with van der Waals surface area (Å²) in [6.07, 6.45) is 0. The monoisotopic (exact) mass is 315 g/mol. The van der Waals surface area contributed by atoms with E-state index in [-0.39, 0.29) is 12.4 Å². The molecule has 1 unspecified atom stereocenters. The third-order valence-corrected chi connectivity index (χ3v) is 2.59. The van der Waals surface area contributed by atoms with Crippen molar-refractivity contribution in [1.29, 1.82) is 5.26 Å². The summed E-state index contributed by atoms with van der Waals surface area (Å²) in [4.78, 5) is 11.5. The van der Waals surface area contributed by atoms with Crippen molar-refractivity contribution in [2.24, 2.45) is 0 Å². The lowest BCUT2D eigenvalue weighted by Gasteiger charge is -2.07. The minimum Gasteiger partial charge on any atom is -0.377 e. The molecule has 1 aromatic rings. The Morgan fingerprint density at radius 3 is 2.93 bits per heavy atom. The normalized spacial score (nSPS) is 11.8. The molecule has 1 atom stereocenters. The van der Waals surface area contributed by atoms with Crippen LogP contribution in [0.4, 0.5) is 0 Å². The van der Waals surface area contributed by atoms with Crippen LogP contribution < -0.4 is 0 Å². The van der Waals surface area contributed by atoms with E-state index in [1.54, 1.807) is 6.07 Å². The Morgan fingerprint density at radius 2 is 2.40 bits per heavy atom. The molecule has 0 aromatic heterocycles. The number of Topliss-reactive ketones (excluding diaryl/α,β-unsaturated/α-hetero) is 1. The van der Waals surface area contributed by atoms with E-state index in [2.05, 4.69) is 22.6 Å². The molecule has 0 heterocycles. The SMILES string of the molecule is COCC(=O)C(C#N)c1cccc(I)c1. The maximum absolute atomic E-state index is 11.5. The summed E-state index contributed by atoms with van der Waals surface area (Å²) < 4.78 is 5.75. The number of methoxy groups -OCH3 is 1. The van der Waals surface area contributed by atoms with Crippen LogP contribution in [-0.2, 0) is 9.53 Å². The van der Waals surface area contributed by atoms with Crippen molar-refractivity contribution in [3.8, 4) is 6.07 Å². The lowest BCUT2D eigenvalue weighted by Crippen LogP contribution is -2.16. The van der Waals surface area contributed by atoms with Gasteiger partial charge in [0.25, 0.3) is 0 Å². The smallest absolute Gasteiger partial charge is 0.179 e. The standard InChI is InChI=1S/C11H10INO2/c1-15-7-11(14)10(6-13)8-3-2-4-9(12)5-8/h2-5,10H,7H2,1H3. The average molecular weight is 315 g/mol. The number of ketones is 1. The van der Waals surface area contributed by atoms with Gasteiger partial charge >= 0.3 is 0 Å². The predicted molar refractivity (Wildman–Crippen MR) is 64.4 cm³/mol. The summed E-state index contributed by atoms with van der Waals surface area (Å²) in [5.41, 5.74) is 0.728. The highest BCUT2D eigenvalue weighted by Gasteiger charge is 2.19. The van der Waals surface area contributed by atoms with Gasteiger partial charge in [-0.15, -0.1) is 0 Å². The van der Waals surface area contributed by atoms with Crippen LogP contribution in [0.25, 0.3) is 0 Å². The third-order valence-electron chi connectivity index (χ3n) is 1.92. The molecule has 0 aliphatic carbocycles. The van der Waals surface area contributed by atoms with Crippen LogP contribution in [0.15, 0.2) is 24.3 Å². The van der Waals surface area contributed by atoms with Gasteiger partial charge in [0.15, 0.2) is 5.78 Å². The van der Waals surface area contributed by atoms with E-state index in [1.165, 1.54) is 7.11 Å². The number of carbonyl (C=O) groups is 1. The van der Waals surface area contributed by atoms with Crippen molar-refractivity contribution in [1.82, 2.24) is 0 Å². The molecule has 4 heteroatoms. The molecule has 0 fully saturated rings. The van der Waals surface area contributed by atoms with Gasteiger partial charge in [-0.05, 0) is 40.3 Å². The third kappa shape index (κ3) is 3.29. The molecule has 0 N–H and O–H groups in total. The second-order valence-electron chi connectivity index (χ2n) is 3.02. The van der Waals surface area contributed by atoms with Gasteiger partial charge in [0.2, 0.25) is 0 Å². The first-order chi connectivity index (χ1) is 7.19. The van der Waals surface area contributed by atoms with Crippen LogP contribution in [-0.4, -0.2) is 19.5 Å². The van der Waals surface area contributed by atoms with Crippen LogP contribution in [0, 0.1) is 14.9 Å². The Hall–Kier alpha value is -0.930. The Balaban J connectivity index is 2.93. The Kier molecular flexibility index (Phi) is 4.72. The highest BCUT2D eigenvalue weighted by Crippen LogP contribution is 2.18. The first-order valence-electron chi connectivity index (χ1n) is 4.35. The molecule has 3 nitrogen and oxygen atoms in total. The fraction of sp³-hybridized carbons (Fsp3) is 0.273. The molecular weight excluding hydrogens is 305 g/mol. The van der Waals surface area contributed by atoms with Crippen LogP contribution in [0.3, 0.4) is 0 Å². The molecule has 0 aliphatic rings. The molecule has 0 saturated heterocycles. The van der Waals surface area contributed by atoms with Crippen molar-refractivity contribution in [2.45, 2.75) is 5.92 Å². The van der Waals surface area contributed by atoms with Gasteiger partial charge in [0, 0.05) is 10.7 Å². The molecular formula is C11H10INO2. The Morgan fingerprint density at radius 1 is 1.67 bits per heavy atom. The van der Waals surface area contributed by atoms with E-state index in [9.17, 15) is 4.79 Å². The van der Waals surface area contributed by atoms with Crippen molar-refractivity contribution >= 4 is 28.4 Å².